The van der Waals surface area contributed by atoms with Crippen LogP contribution in [0.15, 0.2) is 82.7 Å². The first-order chi connectivity index (χ1) is 22.4. The van der Waals surface area contributed by atoms with Crippen molar-refractivity contribution in [2.24, 2.45) is 5.10 Å². The molecule has 0 saturated carbocycles. The minimum atomic E-state index is -0.259. The summed E-state index contributed by atoms with van der Waals surface area (Å²) in [6.45, 7) is 11.7. The van der Waals surface area contributed by atoms with Crippen LogP contribution in [0.5, 0.6) is 28.7 Å². The van der Waals surface area contributed by atoms with Gasteiger partial charge in [0.2, 0.25) is 6.79 Å². The minimum absolute atomic E-state index is 0.202. The third kappa shape index (κ3) is 6.26. The molecule has 0 unspecified atom stereocenters. The Bertz CT molecular complexity index is 1980. The molecule has 236 valence electrons. The van der Waals surface area contributed by atoms with E-state index in [1.54, 1.807) is 12.3 Å². The summed E-state index contributed by atoms with van der Waals surface area (Å²) in [7, 11) is 0. The van der Waals surface area contributed by atoms with E-state index in [-0.39, 0.29) is 18.3 Å². The van der Waals surface area contributed by atoms with Crippen LogP contribution < -0.4 is 29.2 Å². The Morgan fingerprint density at radius 2 is 1.67 bits per heavy atom. The van der Waals surface area contributed by atoms with E-state index < -0.39 is 0 Å². The van der Waals surface area contributed by atoms with Gasteiger partial charge in [-0.15, -0.1) is 0 Å². The minimum Gasteiger partial charge on any atom is -0.494 e. The maximum atomic E-state index is 13.9. The predicted molar refractivity (Wildman–Crippen MR) is 179 cm³/mol. The lowest BCUT2D eigenvalue weighted by Crippen LogP contribution is -2.21. The smallest absolute Gasteiger partial charge is 0.282 e. The lowest BCUT2D eigenvalue weighted by molar-refractivity contribution is 0.174. The van der Waals surface area contributed by atoms with Gasteiger partial charge in [0.1, 0.15) is 12.4 Å². The number of fused-ring (bicyclic) bond motifs is 2. The Balaban J connectivity index is 1.36. The van der Waals surface area contributed by atoms with Gasteiger partial charge in [-0.2, -0.15) is 9.78 Å². The monoisotopic (exact) mass is 619 g/mol. The third-order valence-corrected chi connectivity index (χ3v) is 7.69. The summed E-state index contributed by atoms with van der Waals surface area (Å²) in [6, 6.07) is 22.7. The third-order valence-electron chi connectivity index (χ3n) is 7.69. The number of benzene rings is 4. The number of aryl methyl sites for hydroxylation is 1. The largest absolute Gasteiger partial charge is 0.494 e. The van der Waals surface area contributed by atoms with Crippen molar-refractivity contribution in [2.45, 2.75) is 47.1 Å². The number of ether oxygens (including phenoxy) is 5. The van der Waals surface area contributed by atoms with Gasteiger partial charge in [-0.1, -0.05) is 32.0 Å². The molecule has 46 heavy (non-hydrogen) atoms. The molecule has 4 aromatic carbocycles. The normalized spacial score (nSPS) is 12.3. The number of nitrogens with zero attached hydrogens (tertiary/aromatic N) is 3. The fourth-order valence-electron chi connectivity index (χ4n) is 5.38. The molecule has 1 aliphatic rings. The Kier molecular flexibility index (Phi) is 8.92. The lowest BCUT2D eigenvalue weighted by atomic mass is 9.96. The van der Waals surface area contributed by atoms with Gasteiger partial charge in [0.05, 0.1) is 30.3 Å². The maximum Gasteiger partial charge on any atom is 0.282 e. The van der Waals surface area contributed by atoms with Crippen LogP contribution in [-0.4, -0.2) is 35.9 Å². The van der Waals surface area contributed by atoms with E-state index in [4.69, 9.17) is 33.8 Å². The topological polar surface area (TPSA) is 93.4 Å². The molecular weight excluding hydrogens is 582 g/mol. The standard InChI is InChI=1S/C37H37N3O6/c1-6-42-33-16-24(5)29(19-28(33)23(3)4)36-39-30-11-9-8-10-27(30)37(41)40(36)38-20-25-12-14-31(34(17-25)43-7-2)44-21-26-13-15-32-35(18-26)46-22-45-32/h8-20,23H,6-7,21-22H2,1-5H3. The first-order valence-corrected chi connectivity index (χ1v) is 15.5. The van der Waals surface area contributed by atoms with Crippen molar-refractivity contribution in [3.8, 4) is 40.1 Å². The summed E-state index contributed by atoms with van der Waals surface area (Å²) in [6.07, 6.45) is 1.64. The van der Waals surface area contributed by atoms with Gasteiger partial charge in [-0.3, -0.25) is 4.79 Å². The van der Waals surface area contributed by atoms with Gasteiger partial charge in [-0.25, -0.2) is 4.98 Å². The Morgan fingerprint density at radius 1 is 0.891 bits per heavy atom. The van der Waals surface area contributed by atoms with E-state index in [0.29, 0.717) is 53.8 Å². The molecule has 5 aromatic rings. The van der Waals surface area contributed by atoms with Gasteiger partial charge in [-0.05, 0) is 104 Å². The fraction of sp³-hybridized carbons (Fsp3) is 0.270. The van der Waals surface area contributed by atoms with E-state index >= 15 is 0 Å². The average Bonchev–Trinajstić information content (AvgIpc) is 3.52. The Labute approximate surface area is 268 Å². The fourth-order valence-corrected chi connectivity index (χ4v) is 5.38. The van der Waals surface area contributed by atoms with Crippen molar-refractivity contribution in [3.05, 3.63) is 105 Å². The summed E-state index contributed by atoms with van der Waals surface area (Å²) in [5.74, 6) is 4.08. The quantitative estimate of drug-likeness (QED) is 0.142. The molecule has 2 heterocycles. The van der Waals surface area contributed by atoms with Crippen molar-refractivity contribution in [3.63, 3.8) is 0 Å². The number of rotatable bonds is 11. The maximum absolute atomic E-state index is 13.9. The summed E-state index contributed by atoms with van der Waals surface area (Å²) < 4.78 is 30.3. The van der Waals surface area contributed by atoms with Crippen molar-refractivity contribution < 1.29 is 23.7 Å². The van der Waals surface area contributed by atoms with E-state index in [1.165, 1.54) is 4.68 Å². The highest BCUT2D eigenvalue weighted by atomic mass is 16.7. The number of para-hydroxylation sites is 1. The summed E-state index contributed by atoms with van der Waals surface area (Å²) in [5, 5.41) is 5.18. The summed E-state index contributed by atoms with van der Waals surface area (Å²) >= 11 is 0. The first kappa shape index (κ1) is 30.7. The zero-order chi connectivity index (χ0) is 32.2. The van der Waals surface area contributed by atoms with E-state index in [2.05, 4.69) is 19.9 Å². The highest BCUT2D eigenvalue weighted by molar-refractivity contribution is 5.83. The van der Waals surface area contributed by atoms with E-state index in [0.717, 1.165) is 39.3 Å². The van der Waals surface area contributed by atoms with Crippen LogP contribution in [0, 0.1) is 6.92 Å². The number of hydrogen-bond donors (Lipinski definition) is 0. The second-order valence-corrected chi connectivity index (χ2v) is 11.2. The van der Waals surface area contributed by atoms with Crippen molar-refractivity contribution in [1.29, 1.82) is 0 Å². The van der Waals surface area contributed by atoms with Gasteiger partial charge >= 0.3 is 0 Å². The molecule has 9 nitrogen and oxygen atoms in total. The first-order valence-electron chi connectivity index (χ1n) is 15.5. The van der Waals surface area contributed by atoms with Crippen LogP contribution in [-0.2, 0) is 6.61 Å². The molecule has 0 fully saturated rings. The SMILES string of the molecule is CCOc1cc(C=Nn2c(-c3cc(C(C)C)c(OCC)cc3C)nc3ccccc3c2=O)ccc1OCc1ccc2c(c1)OCO2. The number of aromatic nitrogens is 2. The molecule has 0 spiro atoms. The molecule has 0 bridgehead atoms. The molecule has 0 N–H and O–H groups in total. The van der Waals surface area contributed by atoms with Crippen LogP contribution >= 0.6 is 0 Å². The van der Waals surface area contributed by atoms with E-state index in [9.17, 15) is 4.79 Å². The van der Waals surface area contributed by atoms with Gasteiger partial charge in [0.25, 0.3) is 5.56 Å². The molecule has 0 radical (unpaired) electrons. The van der Waals surface area contributed by atoms with Crippen LogP contribution in [0.4, 0.5) is 0 Å². The zero-order valence-corrected chi connectivity index (χ0v) is 26.7. The summed E-state index contributed by atoms with van der Waals surface area (Å²) in [5.41, 5.74) is 4.81. The average molecular weight is 620 g/mol. The van der Waals surface area contributed by atoms with Crippen molar-refractivity contribution in [1.82, 2.24) is 9.66 Å². The Morgan fingerprint density at radius 3 is 2.48 bits per heavy atom. The second kappa shape index (κ2) is 13.4. The second-order valence-electron chi connectivity index (χ2n) is 11.2. The van der Waals surface area contributed by atoms with Crippen molar-refractivity contribution >= 4 is 17.1 Å². The lowest BCUT2D eigenvalue weighted by Gasteiger charge is -2.18. The van der Waals surface area contributed by atoms with Crippen LogP contribution in [0.25, 0.3) is 22.3 Å². The molecule has 0 saturated heterocycles. The molecular formula is C37H37N3O6. The van der Waals surface area contributed by atoms with E-state index in [1.807, 2.05) is 81.4 Å². The van der Waals surface area contributed by atoms with Crippen LogP contribution in [0.1, 0.15) is 55.9 Å². The Hall–Kier alpha value is -5.31. The van der Waals surface area contributed by atoms with Gasteiger partial charge in [0, 0.05) is 5.56 Å². The molecule has 9 heteroatoms. The molecule has 6 rings (SSSR count). The molecule has 1 aromatic heterocycles. The molecule has 0 amide bonds. The molecule has 0 atom stereocenters. The molecule has 1 aliphatic heterocycles. The zero-order valence-electron chi connectivity index (χ0n) is 26.7. The van der Waals surface area contributed by atoms with Gasteiger partial charge < -0.3 is 23.7 Å². The highest BCUT2D eigenvalue weighted by Gasteiger charge is 2.19. The van der Waals surface area contributed by atoms with Crippen LogP contribution in [0.3, 0.4) is 0 Å². The van der Waals surface area contributed by atoms with Crippen LogP contribution in [0.2, 0.25) is 0 Å². The number of hydrogen-bond acceptors (Lipinski definition) is 8. The highest BCUT2D eigenvalue weighted by Crippen LogP contribution is 2.36. The predicted octanol–water partition coefficient (Wildman–Crippen LogP) is 7.48. The molecule has 0 aliphatic carbocycles. The summed E-state index contributed by atoms with van der Waals surface area (Å²) in [4.78, 5) is 18.8. The van der Waals surface area contributed by atoms with Crippen molar-refractivity contribution in [2.75, 3.05) is 20.0 Å². The van der Waals surface area contributed by atoms with Gasteiger partial charge in [0.15, 0.2) is 28.8 Å².